The van der Waals surface area contributed by atoms with Crippen molar-refractivity contribution in [2.75, 3.05) is 13.2 Å². The van der Waals surface area contributed by atoms with Gasteiger partial charge in [-0.1, -0.05) is 32.6 Å². The average Bonchev–Trinajstić information content (AvgIpc) is 2.24. The van der Waals surface area contributed by atoms with Gasteiger partial charge in [0.05, 0.1) is 19.3 Å². The fourth-order valence-corrected chi connectivity index (χ4v) is 2.92. The van der Waals surface area contributed by atoms with Crippen LogP contribution < -0.4 is 6.15 Å². The van der Waals surface area contributed by atoms with Crippen LogP contribution in [0.5, 0.6) is 0 Å². The maximum absolute atomic E-state index is 12.0. The summed E-state index contributed by atoms with van der Waals surface area (Å²) in [5, 5.41) is 0. The van der Waals surface area contributed by atoms with Crippen LogP contribution in [0.2, 0.25) is 0 Å². The summed E-state index contributed by atoms with van der Waals surface area (Å²) in [5.41, 5.74) is 0. The zero-order chi connectivity index (χ0) is 13.1. The highest BCUT2D eigenvalue weighted by molar-refractivity contribution is 7.48. The normalized spacial score (nSPS) is 13.1. The molecular weight excluding hydrogens is 253 g/mol. The third-order valence-electron chi connectivity index (χ3n) is 2.35. The standard InChI is InChI=1S/C12H27O4P.H3N/c1-5-8-9-10-11-12(4)16-17(13,14-6-2)15-7-3;/h12H,5-11H2,1-4H3;1H3. The fraction of sp³-hybridized carbons (Fsp3) is 1.00. The topological polar surface area (TPSA) is 79.8 Å². The molecule has 0 aliphatic carbocycles. The minimum atomic E-state index is -3.33. The van der Waals surface area contributed by atoms with E-state index in [2.05, 4.69) is 6.92 Å². The molecule has 0 bridgehead atoms. The van der Waals surface area contributed by atoms with E-state index in [0.29, 0.717) is 13.2 Å². The van der Waals surface area contributed by atoms with E-state index >= 15 is 0 Å². The molecule has 0 aromatic heterocycles. The minimum Gasteiger partial charge on any atom is -0.344 e. The molecule has 6 heteroatoms. The first-order valence-corrected chi connectivity index (χ1v) is 8.11. The van der Waals surface area contributed by atoms with Crippen LogP contribution in [0.4, 0.5) is 0 Å². The lowest BCUT2D eigenvalue weighted by molar-refractivity contribution is 0.0863. The summed E-state index contributed by atoms with van der Waals surface area (Å²) in [5.74, 6) is 0. The van der Waals surface area contributed by atoms with Gasteiger partial charge in [0, 0.05) is 0 Å². The van der Waals surface area contributed by atoms with E-state index in [1.54, 1.807) is 13.8 Å². The van der Waals surface area contributed by atoms with Crippen LogP contribution in [0.1, 0.15) is 59.8 Å². The van der Waals surface area contributed by atoms with Crippen molar-refractivity contribution in [3.05, 3.63) is 0 Å². The van der Waals surface area contributed by atoms with E-state index in [-0.39, 0.29) is 12.3 Å². The molecule has 1 unspecified atom stereocenters. The molecule has 0 aromatic rings. The lowest BCUT2D eigenvalue weighted by Crippen LogP contribution is -2.10. The van der Waals surface area contributed by atoms with Crippen molar-refractivity contribution in [2.45, 2.75) is 65.9 Å². The second-order valence-electron chi connectivity index (χ2n) is 4.05. The molecule has 0 saturated heterocycles. The Morgan fingerprint density at radius 2 is 1.56 bits per heavy atom. The highest BCUT2D eigenvalue weighted by Crippen LogP contribution is 2.50. The van der Waals surface area contributed by atoms with Gasteiger partial charge in [-0.2, -0.15) is 0 Å². The van der Waals surface area contributed by atoms with Gasteiger partial charge in [-0.25, -0.2) is 4.57 Å². The van der Waals surface area contributed by atoms with Crippen LogP contribution in [-0.4, -0.2) is 19.3 Å². The molecule has 112 valence electrons. The Hall–Kier alpha value is 0.0700. The van der Waals surface area contributed by atoms with Crippen LogP contribution in [-0.2, 0) is 18.1 Å². The Bertz CT molecular complexity index is 216. The molecule has 5 nitrogen and oxygen atoms in total. The highest BCUT2D eigenvalue weighted by Gasteiger charge is 2.27. The van der Waals surface area contributed by atoms with Gasteiger partial charge >= 0.3 is 7.82 Å². The molecule has 1 atom stereocenters. The smallest absolute Gasteiger partial charge is 0.344 e. The predicted octanol–water partition coefficient (Wildman–Crippen LogP) is 4.71. The van der Waals surface area contributed by atoms with Gasteiger partial charge in [0.25, 0.3) is 0 Å². The van der Waals surface area contributed by atoms with E-state index < -0.39 is 7.82 Å². The number of hydrogen-bond acceptors (Lipinski definition) is 5. The monoisotopic (exact) mass is 283 g/mol. The summed E-state index contributed by atoms with van der Waals surface area (Å²) < 4.78 is 27.6. The van der Waals surface area contributed by atoms with Crippen LogP contribution in [0.25, 0.3) is 0 Å². The first-order valence-electron chi connectivity index (χ1n) is 6.65. The summed E-state index contributed by atoms with van der Waals surface area (Å²) in [7, 11) is -3.33. The first kappa shape index (κ1) is 20.4. The SMILES string of the molecule is CCCCCCC(C)OP(=O)(OCC)OCC.N. The minimum absolute atomic E-state index is 0. The van der Waals surface area contributed by atoms with Crippen molar-refractivity contribution in [1.82, 2.24) is 6.15 Å². The molecular formula is C12H30NO4P. The summed E-state index contributed by atoms with van der Waals surface area (Å²) in [6.07, 6.45) is 5.54. The Balaban J connectivity index is 0. The van der Waals surface area contributed by atoms with Crippen molar-refractivity contribution in [1.29, 1.82) is 0 Å². The second-order valence-corrected chi connectivity index (χ2v) is 5.67. The fourth-order valence-electron chi connectivity index (χ4n) is 1.55. The molecule has 0 aliphatic heterocycles. The number of rotatable bonds is 11. The van der Waals surface area contributed by atoms with Gasteiger partial charge in [-0.3, -0.25) is 13.6 Å². The zero-order valence-corrected chi connectivity index (χ0v) is 13.2. The lowest BCUT2D eigenvalue weighted by Gasteiger charge is -2.20. The van der Waals surface area contributed by atoms with Crippen molar-refractivity contribution in [3.8, 4) is 0 Å². The average molecular weight is 283 g/mol. The summed E-state index contributed by atoms with van der Waals surface area (Å²) in [6.45, 7) is 8.32. The van der Waals surface area contributed by atoms with Crippen LogP contribution in [0, 0.1) is 0 Å². The molecule has 0 radical (unpaired) electrons. The molecule has 18 heavy (non-hydrogen) atoms. The summed E-state index contributed by atoms with van der Waals surface area (Å²) in [4.78, 5) is 0. The molecule has 0 heterocycles. The third kappa shape index (κ3) is 10.0. The number of phosphoric ester groups is 1. The molecule has 0 aromatic carbocycles. The van der Waals surface area contributed by atoms with Gasteiger partial charge in [0.1, 0.15) is 0 Å². The van der Waals surface area contributed by atoms with Gasteiger partial charge in [-0.05, 0) is 27.2 Å². The molecule has 0 amide bonds. The van der Waals surface area contributed by atoms with Crippen molar-refractivity contribution in [2.24, 2.45) is 0 Å². The molecule has 0 aliphatic rings. The Morgan fingerprint density at radius 3 is 2.00 bits per heavy atom. The van der Waals surface area contributed by atoms with Crippen molar-refractivity contribution in [3.63, 3.8) is 0 Å². The molecule has 0 rings (SSSR count). The maximum atomic E-state index is 12.0. The summed E-state index contributed by atoms with van der Waals surface area (Å²) >= 11 is 0. The Morgan fingerprint density at radius 1 is 1.00 bits per heavy atom. The number of unbranched alkanes of at least 4 members (excludes halogenated alkanes) is 3. The van der Waals surface area contributed by atoms with Gasteiger partial charge in [-0.15, -0.1) is 0 Å². The highest BCUT2D eigenvalue weighted by atomic mass is 31.2. The van der Waals surface area contributed by atoms with Crippen LogP contribution in [0.15, 0.2) is 0 Å². The quantitative estimate of drug-likeness (QED) is 0.439. The number of phosphoric acid groups is 1. The Labute approximate surface area is 112 Å². The van der Waals surface area contributed by atoms with Crippen molar-refractivity contribution >= 4 is 7.82 Å². The lowest BCUT2D eigenvalue weighted by atomic mass is 10.1. The predicted molar refractivity (Wildman–Crippen MR) is 75.2 cm³/mol. The maximum Gasteiger partial charge on any atom is 0.475 e. The molecule has 0 saturated carbocycles. The van der Waals surface area contributed by atoms with E-state index in [1.165, 1.54) is 19.3 Å². The van der Waals surface area contributed by atoms with E-state index in [1.807, 2.05) is 6.92 Å². The largest absolute Gasteiger partial charge is 0.475 e. The van der Waals surface area contributed by atoms with E-state index in [0.717, 1.165) is 12.8 Å². The van der Waals surface area contributed by atoms with Crippen LogP contribution >= 0.6 is 7.82 Å². The number of hydrogen-bond donors (Lipinski definition) is 1. The zero-order valence-electron chi connectivity index (χ0n) is 12.3. The third-order valence-corrected chi connectivity index (χ3v) is 4.11. The van der Waals surface area contributed by atoms with Crippen LogP contribution in [0.3, 0.4) is 0 Å². The first-order chi connectivity index (χ1) is 8.08. The van der Waals surface area contributed by atoms with Gasteiger partial charge in [0.2, 0.25) is 0 Å². The second kappa shape index (κ2) is 12.1. The summed E-state index contributed by atoms with van der Waals surface area (Å²) in [6, 6.07) is 0. The van der Waals surface area contributed by atoms with Crippen molar-refractivity contribution < 1.29 is 18.1 Å². The molecule has 0 spiro atoms. The molecule has 0 fully saturated rings. The van der Waals surface area contributed by atoms with E-state index in [4.69, 9.17) is 13.6 Å². The van der Waals surface area contributed by atoms with Gasteiger partial charge < -0.3 is 6.15 Å². The Kier molecular flexibility index (Phi) is 13.7. The molecule has 3 N–H and O–H groups in total. The van der Waals surface area contributed by atoms with E-state index in [9.17, 15) is 4.57 Å². The van der Waals surface area contributed by atoms with Gasteiger partial charge in [0.15, 0.2) is 0 Å².